The van der Waals surface area contributed by atoms with E-state index in [2.05, 4.69) is 17.4 Å². The second-order valence-electron chi connectivity index (χ2n) is 3.83. The number of ether oxygens (including phenoxy) is 1. The summed E-state index contributed by atoms with van der Waals surface area (Å²) < 4.78 is 5.42. The number of rotatable bonds is 4. The Balaban J connectivity index is 2.29. The third-order valence-electron chi connectivity index (χ3n) is 2.52. The maximum atomic E-state index is 8.41. The van der Waals surface area contributed by atoms with Crippen molar-refractivity contribution in [3.63, 3.8) is 0 Å². The van der Waals surface area contributed by atoms with Crippen LogP contribution in [0.25, 0.3) is 0 Å². The zero-order valence-corrected chi connectivity index (χ0v) is 8.73. The first kappa shape index (κ1) is 11.3. The molecule has 3 unspecified atom stereocenters. The van der Waals surface area contributed by atoms with Crippen LogP contribution in [0.4, 0.5) is 0 Å². The van der Waals surface area contributed by atoms with Gasteiger partial charge in [0.2, 0.25) is 0 Å². The van der Waals surface area contributed by atoms with Gasteiger partial charge in [0, 0.05) is 25.1 Å². The molecule has 0 aromatic heterocycles. The van der Waals surface area contributed by atoms with Crippen LogP contribution in [-0.2, 0) is 4.74 Å². The van der Waals surface area contributed by atoms with E-state index in [1.165, 1.54) is 0 Å². The molecule has 0 aromatic carbocycles. The Bertz CT molecular complexity index is 208. The Hall–Kier alpha value is -0.810. The van der Waals surface area contributed by atoms with E-state index in [0.717, 1.165) is 13.0 Å². The van der Waals surface area contributed by atoms with E-state index in [1.54, 1.807) is 0 Å². The summed E-state index contributed by atoms with van der Waals surface area (Å²) >= 11 is 0. The molecule has 0 bridgehead atoms. The average Bonchev–Trinajstić information content (AvgIpc) is 2.51. The van der Waals surface area contributed by atoms with E-state index in [4.69, 9.17) is 15.7 Å². The average molecular weight is 201 g/mol. The van der Waals surface area contributed by atoms with Crippen LogP contribution in [0.3, 0.4) is 0 Å². The molecule has 1 aliphatic rings. The highest BCUT2D eigenvalue weighted by molar-refractivity contribution is 5.80. The van der Waals surface area contributed by atoms with E-state index in [9.17, 15) is 0 Å². The smallest absolute Gasteiger partial charge is 0.140 e. The van der Waals surface area contributed by atoms with Crippen molar-refractivity contribution in [2.45, 2.75) is 44.9 Å². The molecule has 1 rings (SSSR count). The minimum Gasteiger partial charge on any atom is -0.409 e. The predicted octanol–water partition coefficient (Wildman–Crippen LogP) is 0.278. The minimum absolute atomic E-state index is 0.208. The van der Waals surface area contributed by atoms with Crippen molar-refractivity contribution in [2.24, 2.45) is 10.9 Å². The van der Waals surface area contributed by atoms with Gasteiger partial charge in [-0.3, -0.25) is 0 Å². The number of oxime groups is 1. The van der Waals surface area contributed by atoms with Crippen LogP contribution in [0.15, 0.2) is 5.16 Å². The van der Waals surface area contributed by atoms with Gasteiger partial charge in [0.15, 0.2) is 0 Å². The van der Waals surface area contributed by atoms with E-state index in [1.807, 2.05) is 6.92 Å². The van der Waals surface area contributed by atoms with Crippen molar-refractivity contribution in [2.75, 3.05) is 6.61 Å². The quantitative estimate of drug-likeness (QED) is 0.264. The highest BCUT2D eigenvalue weighted by atomic mass is 16.5. The maximum Gasteiger partial charge on any atom is 0.140 e. The van der Waals surface area contributed by atoms with Crippen LogP contribution in [-0.4, -0.2) is 35.8 Å². The van der Waals surface area contributed by atoms with Crippen LogP contribution >= 0.6 is 0 Å². The van der Waals surface area contributed by atoms with Gasteiger partial charge in [-0.25, -0.2) is 0 Å². The number of nitrogens with zero attached hydrogens (tertiary/aromatic N) is 1. The summed E-state index contributed by atoms with van der Waals surface area (Å²) in [7, 11) is 0. The summed E-state index contributed by atoms with van der Waals surface area (Å²) in [5, 5.41) is 14.7. The Morgan fingerprint density at radius 1 is 1.79 bits per heavy atom. The molecule has 1 heterocycles. The zero-order chi connectivity index (χ0) is 10.6. The molecule has 0 saturated carbocycles. The molecule has 1 fully saturated rings. The molecular formula is C9H19N3O2. The summed E-state index contributed by atoms with van der Waals surface area (Å²) in [6, 6.07) is 0.594. The Morgan fingerprint density at radius 2 is 2.50 bits per heavy atom. The normalized spacial score (nSPS) is 30.6. The number of nitrogens with two attached hydrogens (primary N) is 1. The number of hydrogen-bond acceptors (Lipinski definition) is 4. The van der Waals surface area contributed by atoms with Gasteiger partial charge in [-0.15, -0.1) is 0 Å². The van der Waals surface area contributed by atoms with Gasteiger partial charge in [-0.05, 0) is 20.3 Å². The topological polar surface area (TPSA) is 79.9 Å². The monoisotopic (exact) mass is 201 g/mol. The highest BCUT2D eigenvalue weighted by Gasteiger charge is 2.25. The van der Waals surface area contributed by atoms with Crippen LogP contribution in [0.2, 0.25) is 0 Å². The molecular weight excluding hydrogens is 182 g/mol. The summed E-state index contributed by atoms with van der Waals surface area (Å²) in [6.07, 6.45) is 1.84. The molecule has 0 aliphatic carbocycles. The Kier molecular flexibility index (Phi) is 4.16. The van der Waals surface area contributed by atoms with Gasteiger partial charge in [0.05, 0.1) is 6.10 Å². The Morgan fingerprint density at radius 3 is 3.00 bits per heavy atom. The SMILES string of the molecule is CC(CC(N)=NO)NC1CCOC1C. The molecule has 0 amide bonds. The van der Waals surface area contributed by atoms with Crippen LogP contribution < -0.4 is 11.1 Å². The van der Waals surface area contributed by atoms with Gasteiger partial charge >= 0.3 is 0 Å². The van der Waals surface area contributed by atoms with Gasteiger partial charge in [0.1, 0.15) is 5.84 Å². The fourth-order valence-electron chi connectivity index (χ4n) is 1.73. The van der Waals surface area contributed by atoms with Crippen molar-refractivity contribution in [3.05, 3.63) is 0 Å². The second-order valence-corrected chi connectivity index (χ2v) is 3.83. The first-order valence-electron chi connectivity index (χ1n) is 4.97. The lowest BCUT2D eigenvalue weighted by molar-refractivity contribution is 0.111. The summed E-state index contributed by atoms with van der Waals surface area (Å²) in [6.45, 7) is 4.89. The fourth-order valence-corrected chi connectivity index (χ4v) is 1.73. The molecule has 0 spiro atoms. The minimum atomic E-state index is 0.208. The highest BCUT2D eigenvalue weighted by Crippen LogP contribution is 2.13. The summed E-state index contributed by atoms with van der Waals surface area (Å²) in [5.41, 5.74) is 5.41. The van der Waals surface area contributed by atoms with Crippen molar-refractivity contribution < 1.29 is 9.94 Å². The van der Waals surface area contributed by atoms with Gasteiger partial charge in [0.25, 0.3) is 0 Å². The van der Waals surface area contributed by atoms with E-state index in [0.29, 0.717) is 12.5 Å². The number of nitrogens with one attached hydrogen (secondary N) is 1. The molecule has 82 valence electrons. The van der Waals surface area contributed by atoms with Gasteiger partial charge < -0.3 is 21.0 Å². The first-order valence-corrected chi connectivity index (χ1v) is 4.97. The third-order valence-corrected chi connectivity index (χ3v) is 2.52. The van der Waals surface area contributed by atoms with Crippen LogP contribution in [0.1, 0.15) is 26.7 Å². The molecule has 1 saturated heterocycles. The van der Waals surface area contributed by atoms with Gasteiger partial charge in [-0.1, -0.05) is 5.16 Å². The zero-order valence-electron chi connectivity index (χ0n) is 8.73. The molecule has 0 radical (unpaired) electrons. The van der Waals surface area contributed by atoms with E-state index >= 15 is 0 Å². The fraction of sp³-hybridized carbons (Fsp3) is 0.889. The number of hydrogen-bond donors (Lipinski definition) is 3. The predicted molar refractivity (Wildman–Crippen MR) is 54.4 cm³/mol. The van der Waals surface area contributed by atoms with Crippen molar-refractivity contribution in [3.8, 4) is 0 Å². The Labute approximate surface area is 84.3 Å². The molecule has 4 N–H and O–H groups in total. The molecule has 5 heteroatoms. The molecule has 1 aliphatic heterocycles. The standard InChI is InChI=1S/C9H19N3O2/c1-6(5-9(10)12-13)11-8-3-4-14-7(8)2/h6-8,11,13H,3-5H2,1-2H3,(H2,10,12). The van der Waals surface area contributed by atoms with Crippen molar-refractivity contribution >= 4 is 5.84 Å². The largest absolute Gasteiger partial charge is 0.409 e. The lowest BCUT2D eigenvalue weighted by atomic mass is 10.1. The number of amidine groups is 1. The van der Waals surface area contributed by atoms with Crippen molar-refractivity contribution in [1.82, 2.24) is 5.32 Å². The second kappa shape index (κ2) is 5.17. The first-order chi connectivity index (χ1) is 6.63. The summed E-state index contributed by atoms with van der Waals surface area (Å²) in [5.74, 6) is 0.261. The van der Waals surface area contributed by atoms with E-state index in [-0.39, 0.29) is 18.0 Å². The van der Waals surface area contributed by atoms with E-state index < -0.39 is 0 Å². The van der Waals surface area contributed by atoms with Crippen LogP contribution in [0.5, 0.6) is 0 Å². The third kappa shape index (κ3) is 3.16. The van der Waals surface area contributed by atoms with Gasteiger partial charge in [-0.2, -0.15) is 0 Å². The summed E-state index contributed by atoms with van der Waals surface area (Å²) in [4.78, 5) is 0. The maximum absolute atomic E-state index is 8.41. The van der Waals surface area contributed by atoms with Crippen LogP contribution in [0, 0.1) is 0 Å². The molecule has 14 heavy (non-hydrogen) atoms. The van der Waals surface area contributed by atoms with Crippen molar-refractivity contribution in [1.29, 1.82) is 0 Å². The lowest BCUT2D eigenvalue weighted by Gasteiger charge is -2.21. The lowest BCUT2D eigenvalue weighted by Crippen LogP contribution is -2.42. The molecule has 3 atom stereocenters. The molecule has 0 aromatic rings. The molecule has 5 nitrogen and oxygen atoms in total.